The molecule has 1 aliphatic rings. The number of benzene rings is 2. The minimum atomic E-state index is -0.548. The van der Waals surface area contributed by atoms with Crippen molar-refractivity contribution in [2.75, 3.05) is 11.9 Å². The molecule has 1 aromatic heterocycles. The number of hydrogen-bond donors (Lipinski definition) is 1. The van der Waals surface area contributed by atoms with Gasteiger partial charge in [0.25, 0.3) is 0 Å². The number of amides is 2. The lowest BCUT2D eigenvalue weighted by Crippen LogP contribution is -2.43. The van der Waals surface area contributed by atoms with Gasteiger partial charge in [0.2, 0.25) is 5.91 Å². The average Bonchev–Trinajstić information content (AvgIpc) is 3.43. The number of rotatable bonds is 5. The van der Waals surface area contributed by atoms with Gasteiger partial charge in [0.1, 0.15) is 12.6 Å². The van der Waals surface area contributed by atoms with Crippen molar-refractivity contribution in [3.8, 4) is 11.3 Å². The Balaban J connectivity index is 1.36. The van der Waals surface area contributed by atoms with E-state index in [1.165, 1.54) is 16.2 Å². The molecule has 0 spiro atoms. The molecule has 2 amide bonds. The second-order valence-electron chi connectivity index (χ2n) is 6.93. The highest BCUT2D eigenvalue weighted by Crippen LogP contribution is 2.27. The van der Waals surface area contributed by atoms with E-state index in [1.54, 1.807) is 0 Å². The lowest BCUT2D eigenvalue weighted by atomic mass is 10.2. The number of anilines is 1. The van der Waals surface area contributed by atoms with Crippen LogP contribution in [0.2, 0.25) is 0 Å². The molecule has 1 aliphatic heterocycles. The summed E-state index contributed by atoms with van der Waals surface area (Å²) in [5.74, 6) is -0.235. The monoisotopic (exact) mass is 485 g/mol. The Morgan fingerprint density at radius 2 is 1.93 bits per heavy atom. The van der Waals surface area contributed by atoms with Crippen LogP contribution in [0.1, 0.15) is 18.4 Å². The average molecular weight is 486 g/mol. The quantitative estimate of drug-likeness (QED) is 0.531. The van der Waals surface area contributed by atoms with Crippen molar-refractivity contribution in [3.63, 3.8) is 0 Å². The number of carbonyl (C=O) groups is 2. The van der Waals surface area contributed by atoms with Crippen molar-refractivity contribution in [1.29, 1.82) is 0 Å². The van der Waals surface area contributed by atoms with Gasteiger partial charge < -0.3 is 10.1 Å². The van der Waals surface area contributed by atoms with Crippen LogP contribution in [0.3, 0.4) is 0 Å². The van der Waals surface area contributed by atoms with Crippen LogP contribution in [0.4, 0.5) is 9.93 Å². The van der Waals surface area contributed by atoms with Gasteiger partial charge in [-0.15, -0.1) is 11.3 Å². The van der Waals surface area contributed by atoms with E-state index in [0.717, 1.165) is 27.7 Å². The number of thiazole rings is 1. The van der Waals surface area contributed by atoms with Crippen LogP contribution in [-0.4, -0.2) is 34.5 Å². The predicted molar refractivity (Wildman–Crippen MR) is 120 cm³/mol. The van der Waals surface area contributed by atoms with Gasteiger partial charge in [-0.25, -0.2) is 9.78 Å². The molecule has 1 saturated heterocycles. The molecule has 30 heavy (non-hydrogen) atoms. The second kappa shape index (κ2) is 9.40. The van der Waals surface area contributed by atoms with Gasteiger partial charge in [-0.3, -0.25) is 9.69 Å². The Labute approximate surface area is 187 Å². The van der Waals surface area contributed by atoms with Gasteiger partial charge >= 0.3 is 6.09 Å². The van der Waals surface area contributed by atoms with Crippen molar-refractivity contribution >= 4 is 44.4 Å². The number of carbonyl (C=O) groups excluding carboxylic acids is 2. The fraction of sp³-hybridized carbons (Fsp3) is 0.227. The summed E-state index contributed by atoms with van der Waals surface area (Å²) in [5.41, 5.74) is 2.68. The van der Waals surface area contributed by atoms with Crippen LogP contribution in [0.25, 0.3) is 11.3 Å². The molecule has 8 heteroatoms. The lowest BCUT2D eigenvalue weighted by molar-refractivity contribution is -0.120. The molecule has 1 atom stereocenters. The highest BCUT2D eigenvalue weighted by Gasteiger charge is 2.35. The molecule has 2 heterocycles. The number of halogens is 1. The molecule has 2 aromatic carbocycles. The summed E-state index contributed by atoms with van der Waals surface area (Å²) in [6.45, 7) is 0.696. The number of likely N-dealkylation sites (tertiary alicyclic amines) is 1. The van der Waals surface area contributed by atoms with Crippen molar-refractivity contribution < 1.29 is 14.3 Å². The first-order valence-electron chi connectivity index (χ1n) is 9.60. The van der Waals surface area contributed by atoms with E-state index >= 15 is 0 Å². The first kappa shape index (κ1) is 20.6. The van der Waals surface area contributed by atoms with Crippen LogP contribution in [-0.2, 0) is 16.1 Å². The topological polar surface area (TPSA) is 71.5 Å². The Morgan fingerprint density at radius 1 is 1.17 bits per heavy atom. The fourth-order valence-electron chi connectivity index (χ4n) is 3.33. The van der Waals surface area contributed by atoms with Gasteiger partial charge in [-0.2, -0.15) is 0 Å². The van der Waals surface area contributed by atoms with E-state index in [9.17, 15) is 9.59 Å². The molecule has 154 valence electrons. The molecule has 4 rings (SSSR count). The van der Waals surface area contributed by atoms with E-state index in [1.807, 2.05) is 60.0 Å². The third-order valence-corrected chi connectivity index (χ3v) is 6.16. The zero-order valence-electron chi connectivity index (χ0n) is 16.1. The number of nitrogens with one attached hydrogen (secondary N) is 1. The maximum atomic E-state index is 12.8. The molecular formula is C22H20BrN3O3S. The van der Waals surface area contributed by atoms with E-state index in [0.29, 0.717) is 18.1 Å². The third-order valence-electron chi connectivity index (χ3n) is 4.87. The van der Waals surface area contributed by atoms with Gasteiger partial charge in [-0.05, 0) is 30.5 Å². The van der Waals surface area contributed by atoms with Gasteiger partial charge in [-0.1, -0.05) is 58.4 Å². The summed E-state index contributed by atoms with van der Waals surface area (Å²) in [6.07, 6.45) is 0.906. The lowest BCUT2D eigenvalue weighted by Gasteiger charge is -2.22. The summed E-state index contributed by atoms with van der Waals surface area (Å²) < 4.78 is 6.40. The first-order valence-corrected chi connectivity index (χ1v) is 11.3. The van der Waals surface area contributed by atoms with Crippen LogP contribution in [0, 0.1) is 0 Å². The minimum absolute atomic E-state index is 0.188. The molecule has 0 aliphatic carbocycles. The molecule has 0 radical (unpaired) electrons. The van der Waals surface area contributed by atoms with Crippen molar-refractivity contribution in [2.24, 2.45) is 0 Å². The molecular weight excluding hydrogens is 466 g/mol. The fourth-order valence-corrected chi connectivity index (χ4v) is 4.32. The molecule has 6 nitrogen and oxygen atoms in total. The smallest absolute Gasteiger partial charge is 0.410 e. The van der Waals surface area contributed by atoms with Crippen LogP contribution >= 0.6 is 27.3 Å². The molecule has 0 bridgehead atoms. The maximum Gasteiger partial charge on any atom is 0.410 e. The summed E-state index contributed by atoms with van der Waals surface area (Å²) in [7, 11) is 0. The SMILES string of the molecule is O=C(Nc1nc(-c2ccc(Br)cc2)cs1)C1CCCN1C(=O)OCc1ccccc1. The Bertz CT molecular complexity index is 1020. The van der Waals surface area contributed by atoms with E-state index in [-0.39, 0.29) is 12.5 Å². The highest BCUT2D eigenvalue weighted by molar-refractivity contribution is 9.10. The summed E-state index contributed by atoms with van der Waals surface area (Å²) in [5, 5.41) is 5.27. The largest absolute Gasteiger partial charge is 0.445 e. The van der Waals surface area contributed by atoms with Crippen molar-refractivity contribution in [2.45, 2.75) is 25.5 Å². The molecule has 0 saturated carbocycles. The Morgan fingerprint density at radius 3 is 2.70 bits per heavy atom. The maximum absolute atomic E-state index is 12.8. The van der Waals surface area contributed by atoms with Gasteiger partial charge in [0.15, 0.2) is 5.13 Å². The van der Waals surface area contributed by atoms with E-state index in [4.69, 9.17) is 4.74 Å². The predicted octanol–water partition coefficient (Wildman–Crippen LogP) is 5.31. The highest BCUT2D eigenvalue weighted by atomic mass is 79.9. The standard InChI is InChI=1S/C22H20BrN3O3S/c23-17-10-8-16(9-11-17)18-14-30-21(24-18)25-20(27)19-7-4-12-26(19)22(28)29-13-15-5-2-1-3-6-15/h1-3,5-6,8-11,14,19H,4,7,12-13H2,(H,24,25,27). The Kier molecular flexibility index (Phi) is 6.44. The zero-order chi connectivity index (χ0) is 20.9. The Hall–Kier alpha value is -2.71. The summed E-state index contributed by atoms with van der Waals surface area (Å²) in [4.78, 5) is 31.3. The molecule has 3 aromatic rings. The van der Waals surface area contributed by atoms with Crippen molar-refractivity contribution in [1.82, 2.24) is 9.88 Å². The molecule has 1 fully saturated rings. The van der Waals surface area contributed by atoms with E-state index < -0.39 is 12.1 Å². The number of aromatic nitrogens is 1. The normalized spacial score (nSPS) is 15.8. The van der Waals surface area contributed by atoms with Crippen LogP contribution in [0.15, 0.2) is 64.5 Å². The summed E-state index contributed by atoms with van der Waals surface area (Å²) in [6, 6.07) is 16.8. The zero-order valence-corrected chi connectivity index (χ0v) is 18.5. The van der Waals surface area contributed by atoms with Crippen LogP contribution in [0.5, 0.6) is 0 Å². The van der Waals surface area contributed by atoms with E-state index in [2.05, 4.69) is 26.2 Å². The molecule has 1 N–H and O–H groups in total. The third kappa shape index (κ3) is 4.88. The summed E-state index contributed by atoms with van der Waals surface area (Å²) >= 11 is 4.78. The first-order chi connectivity index (χ1) is 14.6. The number of nitrogens with zero attached hydrogens (tertiary/aromatic N) is 2. The number of ether oxygens (including phenoxy) is 1. The van der Waals surface area contributed by atoms with Crippen molar-refractivity contribution in [3.05, 3.63) is 70.0 Å². The second-order valence-corrected chi connectivity index (χ2v) is 8.70. The van der Waals surface area contributed by atoms with Gasteiger partial charge in [0.05, 0.1) is 5.69 Å². The minimum Gasteiger partial charge on any atom is -0.445 e. The van der Waals surface area contributed by atoms with Crippen LogP contribution < -0.4 is 5.32 Å². The molecule has 1 unspecified atom stereocenters. The number of hydrogen-bond acceptors (Lipinski definition) is 5. The van der Waals surface area contributed by atoms with Gasteiger partial charge in [0, 0.05) is 22.0 Å².